The molecule has 0 bridgehead atoms. The quantitative estimate of drug-likeness (QED) is 0.657. The lowest BCUT2D eigenvalue weighted by molar-refractivity contribution is 0.0525. The van der Waals surface area contributed by atoms with Crippen LogP contribution in [0.3, 0.4) is 0 Å². The van der Waals surface area contributed by atoms with Crippen LogP contribution in [0, 0.1) is 19.7 Å². The second-order valence-electron chi connectivity index (χ2n) is 6.07. The molecule has 0 atom stereocenters. The van der Waals surface area contributed by atoms with Gasteiger partial charge in [0.15, 0.2) is 0 Å². The Hall–Kier alpha value is -3.28. The van der Waals surface area contributed by atoms with Crippen molar-refractivity contribution < 1.29 is 13.9 Å². The van der Waals surface area contributed by atoms with E-state index in [4.69, 9.17) is 4.74 Å². The highest BCUT2D eigenvalue weighted by atomic mass is 19.1. The van der Waals surface area contributed by atoms with E-state index in [2.05, 4.69) is 15.3 Å². The number of esters is 1. The zero-order valence-corrected chi connectivity index (χ0v) is 15.4. The molecule has 0 saturated heterocycles. The SMILES string of the molecule is CCOC(=O)c1c(C)nc(Nc2ccc(C)cc2)nc1-c1ccc(F)cc1. The highest BCUT2D eigenvalue weighted by molar-refractivity contribution is 5.97. The normalized spacial score (nSPS) is 10.5. The minimum Gasteiger partial charge on any atom is -0.462 e. The standard InChI is InChI=1S/C21H20FN3O2/c1-4-27-20(26)18-14(3)23-21(24-17-11-5-13(2)6-12-17)25-19(18)15-7-9-16(22)10-8-15/h5-12H,4H2,1-3H3,(H,23,24,25). The molecule has 6 heteroatoms. The van der Waals surface area contributed by atoms with Crippen LogP contribution in [-0.4, -0.2) is 22.5 Å². The van der Waals surface area contributed by atoms with E-state index < -0.39 is 5.97 Å². The number of halogens is 1. The first-order valence-corrected chi connectivity index (χ1v) is 8.63. The van der Waals surface area contributed by atoms with Gasteiger partial charge in [0.1, 0.15) is 11.4 Å². The Labute approximate surface area is 157 Å². The fourth-order valence-electron chi connectivity index (χ4n) is 2.66. The zero-order chi connectivity index (χ0) is 19.4. The molecule has 27 heavy (non-hydrogen) atoms. The summed E-state index contributed by atoms with van der Waals surface area (Å²) in [6.45, 7) is 5.70. The van der Waals surface area contributed by atoms with Crippen molar-refractivity contribution in [2.24, 2.45) is 0 Å². The summed E-state index contributed by atoms with van der Waals surface area (Å²) < 4.78 is 18.5. The number of carbonyl (C=O) groups is 1. The van der Waals surface area contributed by atoms with Gasteiger partial charge in [0.05, 0.1) is 18.0 Å². The molecule has 0 radical (unpaired) electrons. The number of carbonyl (C=O) groups excluding carboxylic acids is 1. The fourth-order valence-corrected chi connectivity index (χ4v) is 2.66. The third-order valence-corrected chi connectivity index (χ3v) is 3.99. The van der Waals surface area contributed by atoms with Gasteiger partial charge in [-0.05, 0) is 57.2 Å². The van der Waals surface area contributed by atoms with E-state index in [-0.39, 0.29) is 18.0 Å². The van der Waals surface area contributed by atoms with Crippen LogP contribution in [0.25, 0.3) is 11.3 Å². The van der Waals surface area contributed by atoms with E-state index in [9.17, 15) is 9.18 Å². The van der Waals surface area contributed by atoms with Crippen molar-refractivity contribution in [3.8, 4) is 11.3 Å². The minimum absolute atomic E-state index is 0.241. The number of ether oxygens (including phenoxy) is 1. The summed E-state index contributed by atoms with van der Waals surface area (Å²) in [6, 6.07) is 13.6. The number of benzene rings is 2. The number of aryl methyl sites for hydroxylation is 2. The van der Waals surface area contributed by atoms with Crippen molar-refractivity contribution in [1.29, 1.82) is 0 Å². The highest BCUT2D eigenvalue weighted by Crippen LogP contribution is 2.27. The predicted octanol–water partition coefficient (Wildman–Crippen LogP) is 4.82. The van der Waals surface area contributed by atoms with E-state index in [1.54, 1.807) is 26.0 Å². The van der Waals surface area contributed by atoms with Gasteiger partial charge in [-0.2, -0.15) is 0 Å². The van der Waals surface area contributed by atoms with E-state index in [0.717, 1.165) is 11.3 Å². The molecule has 0 aliphatic rings. The van der Waals surface area contributed by atoms with Gasteiger partial charge in [0.25, 0.3) is 0 Å². The van der Waals surface area contributed by atoms with Gasteiger partial charge >= 0.3 is 5.97 Å². The predicted molar refractivity (Wildman–Crippen MR) is 103 cm³/mol. The van der Waals surface area contributed by atoms with Crippen molar-refractivity contribution in [3.05, 3.63) is 71.2 Å². The smallest absolute Gasteiger partial charge is 0.342 e. The molecule has 0 amide bonds. The molecule has 1 heterocycles. The third kappa shape index (κ3) is 4.28. The van der Waals surface area contributed by atoms with E-state index >= 15 is 0 Å². The summed E-state index contributed by atoms with van der Waals surface area (Å²) in [5.41, 5.74) is 3.74. The molecular weight excluding hydrogens is 345 g/mol. The molecular formula is C21H20FN3O2. The average molecular weight is 365 g/mol. The van der Waals surface area contributed by atoms with Gasteiger partial charge < -0.3 is 10.1 Å². The molecule has 3 rings (SSSR count). The molecule has 0 aliphatic heterocycles. The van der Waals surface area contributed by atoms with Crippen LogP contribution in [0.4, 0.5) is 16.0 Å². The molecule has 0 saturated carbocycles. The van der Waals surface area contributed by atoms with Crippen LogP contribution >= 0.6 is 0 Å². The lowest BCUT2D eigenvalue weighted by atomic mass is 10.0. The fraction of sp³-hybridized carbons (Fsp3) is 0.190. The maximum atomic E-state index is 13.3. The first kappa shape index (κ1) is 18.5. The second kappa shape index (κ2) is 7.95. The summed E-state index contributed by atoms with van der Waals surface area (Å²) >= 11 is 0. The molecule has 0 unspecified atom stereocenters. The van der Waals surface area contributed by atoms with Gasteiger partial charge in [-0.15, -0.1) is 0 Å². The van der Waals surface area contributed by atoms with Crippen molar-refractivity contribution in [2.45, 2.75) is 20.8 Å². The Bertz CT molecular complexity index is 954. The molecule has 0 fully saturated rings. The van der Waals surface area contributed by atoms with Crippen LogP contribution in [0.2, 0.25) is 0 Å². The topological polar surface area (TPSA) is 64.1 Å². The van der Waals surface area contributed by atoms with Crippen molar-refractivity contribution in [2.75, 3.05) is 11.9 Å². The summed E-state index contributed by atoms with van der Waals surface area (Å²) in [4.78, 5) is 21.3. The van der Waals surface area contributed by atoms with Crippen molar-refractivity contribution >= 4 is 17.6 Å². The van der Waals surface area contributed by atoms with Crippen molar-refractivity contribution in [1.82, 2.24) is 9.97 Å². The van der Waals surface area contributed by atoms with Crippen molar-refractivity contribution in [3.63, 3.8) is 0 Å². The van der Waals surface area contributed by atoms with Gasteiger partial charge in [-0.25, -0.2) is 19.2 Å². The van der Waals surface area contributed by atoms with Crippen LogP contribution in [0.1, 0.15) is 28.5 Å². The van der Waals surface area contributed by atoms with E-state index in [1.807, 2.05) is 31.2 Å². The Morgan fingerprint density at radius 1 is 1.04 bits per heavy atom. The maximum absolute atomic E-state index is 13.3. The second-order valence-corrected chi connectivity index (χ2v) is 6.07. The van der Waals surface area contributed by atoms with Gasteiger partial charge in [-0.1, -0.05) is 17.7 Å². The molecule has 5 nitrogen and oxygen atoms in total. The number of aromatic nitrogens is 2. The summed E-state index contributed by atoms with van der Waals surface area (Å²) in [6.07, 6.45) is 0. The Balaban J connectivity index is 2.08. The van der Waals surface area contributed by atoms with E-state index in [0.29, 0.717) is 22.9 Å². The minimum atomic E-state index is -0.504. The van der Waals surface area contributed by atoms with Crippen LogP contribution in [0.15, 0.2) is 48.5 Å². The number of hydrogen-bond acceptors (Lipinski definition) is 5. The number of nitrogens with one attached hydrogen (secondary N) is 1. The Morgan fingerprint density at radius 3 is 2.33 bits per heavy atom. The zero-order valence-electron chi connectivity index (χ0n) is 15.4. The first-order chi connectivity index (χ1) is 13.0. The maximum Gasteiger partial charge on any atom is 0.342 e. The van der Waals surface area contributed by atoms with Crippen LogP contribution < -0.4 is 5.32 Å². The molecule has 138 valence electrons. The number of hydrogen-bond donors (Lipinski definition) is 1. The number of rotatable bonds is 5. The molecule has 1 aromatic heterocycles. The van der Waals surface area contributed by atoms with Gasteiger partial charge in [0, 0.05) is 11.3 Å². The molecule has 0 spiro atoms. The lowest BCUT2D eigenvalue weighted by Crippen LogP contribution is -2.13. The number of anilines is 2. The first-order valence-electron chi connectivity index (χ1n) is 8.63. The summed E-state index contributed by atoms with van der Waals surface area (Å²) in [5, 5.41) is 3.14. The molecule has 3 aromatic rings. The summed E-state index contributed by atoms with van der Waals surface area (Å²) in [7, 11) is 0. The monoisotopic (exact) mass is 365 g/mol. The largest absolute Gasteiger partial charge is 0.462 e. The molecule has 1 N–H and O–H groups in total. The van der Waals surface area contributed by atoms with E-state index in [1.165, 1.54) is 12.1 Å². The third-order valence-electron chi connectivity index (χ3n) is 3.99. The lowest BCUT2D eigenvalue weighted by Gasteiger charge is -2.14. The van der Waals surface area contributed by atoms with Gasteiger partial charge in [-0.3, -0.25) is 0 Å². The summed E-state index contributed by atoms with van der Waals surface area (Å²) in [5.74, 6) is -0.514. The highest BCUT2D eigenvalue weighted by Gasteiger charge is 2.21. The molecule has 0 aliphatic carbocycles. The Morgan fingerprint density at radius 2 is 1.70 bits per heavy atom. The Kier molecular flexibility index (Phi) is 5.45. The molecule has 2 aromatic carbocycles. The van der Waals surface area contributed by atoms with Crippen LogP contribution in [0.5, 0.6) is 0 Å². The van der Waals surface area contributed by atoms with Gasteiger partial charge in [0.2, 0.25) is 5.95 Å². The number of nitrogens with zero attached hydrogens (tertiary/aromatic N) is 2. The average Bonchev–Trinajstić information content (AvgIpc) is 2.64. The van der Waals surface area contributed by atoms with Crippen LogP contribution in [-0.2, 0) is 4.74 Å².